The predicted octanol–water partition coefficient (Wildman–Crippen LogP) is 3.62. The summed E-state index contributed by atoms with van der Waals surface area (Å²) in [6.45, 7) is 4.32. The number of nitrogens with zero attached hydrogens (tertiary/aromatic N) is 2. The third-order valence-corrected chi connectivity index (χ3v) is 3.95. The number of nitrogen functional groups attached to an aromatic ring is 1. The Morgan fingerprint density at radius 1 is 1.29 bits per heavy atom. The smallest absolute Gasteiger partial charge is 0.141 e. The fourth-order valence-corrected chi connectivity index (χ4v) is 2.47. The van der Waals surface area contributed by atoms with Gasteiger partial charge in [-0.3, -0.25) is 0 Å². The molecule has 0 spiro atoms. The molecule has 0 aliphatic heterocycles. The van der Waals surface area contributed by atoms with E-state index in [0.717, 1.165) is 33.7 Å². The molecule has 0 unspecified atom stereocenters. The van der Waals surface area contributed by atoms with E-state index in [-0.39, 0.29) is 0 Å². The topological polar surface area (TPSA) is 61.0 Å². The summed E-state index contributed by atoms with van der Waals surface area (Å²) in [5.41, 5.74) is 8.06. The lowest BCUT2D eigenvalue weighted by atomic mass is 10.1. The van der Waals surface area contributed by atoms with Crippen LogP contribution in [0.1, 0.15) is 30.9 Å². The highest BCUT2D eigenvalue weighted by Crippen LogP contribution is 2.24. The number of hydrogen-bond acceptors (Lipinski definition) is 4. The summed E-state index contributed by atoms with van der Waals surface area (Å²) < 4.78 is 6.05. The van der Waals surface area contributed by atoms with Crippen molar-refractivity contribution >= 4 is 21.7 Å². The van der Waals surface area contributed by atoms with Crippen molar-refractivity contribution in [2.24, 2.45) is 5.92 Å². The number of benzene rings is 1. The molecule has 1 heterocycles. The molecule has 4 nitrogen and oxygen atoms in total. The molecule has 0 amide bonds. The van der Waals surface area contributed by atoms with Gasteiger partial charge in [-0.05, 0) is 46.0 Å². The second-order valence-corrected chi connectivity index (χ2v) is 6.21. The molecule has 1 aromatic heterocycles. The predicted molar refractivity (Wildman–Crippen MR) is 88.5 cm³/mol. The zero-order valence-electron chi connectivity index (χ0n) is 12.6. The van der Waals surface area contributed by atoms with E-state index in [9.17, 15) is 0 Å². The molecule has 0 fully saturated rings. The molecule has 0 radical (unpaired) electrons. The van der Waals surface area contributed by atoms with Crippen molar-refractivity contribution in [3.05, 3.63) is 45.8 Å². The summed E-state index contributed by atoms with van der Waals surface area (Å²) in [7, 11) is 1.66. The fourth-order valence-electron chi connectivity index (χ4n) is 2.13. The molecule has 1 aromatic carbocycles. The maximum Gasteiger partial charge on any atom is 0.141 e. The fraction of sp³-hybridized carbons (Fsp3) is 0.375. The molecule has 112 valence electrons. The number of hydrogen-bond donors (Lipinski definition) is 1. The lowest BCUT2D eigenvalue weighted by Crippen LogP contribution is -2.08. The molecule has 0 saturated heterocycles. The Morgan fingerprint density at radius 3 is 2.71 bits per heavy atom. The molecule has 2 aromatic rings. The maximum atomic E-state index is 5.98. The van der Waals surface area contributed by atoms with Gasteiger partial charge in [0.05, 0.1) is 17.3 Å². The number of aromatic nitrogens is 2. The van der Waals surface area contributed by atoms with Gasteiger partial charge in [0, 0.05) is 6.42 Å². The van der Waals surface area contributed by atoms with Crippen molar-refractivity contribution in [3.8, 4) is 5.75 Å². The Bertz CT molecular complexity index is 629. The van der Waals surface area contributed by atoms with Crippen molar-refractivity contribution in [1.82, 2.24) is 9.97 Å². The van der Waals surface area contributed by atoms with Crippen molar-refractivity contribution in [1.29, 1.82) is 0 Å². The van der Waals surface area contributed by atoms with Crippen molar-refractivity contribution in [3.63, 3.8) is 0 Å². The van der Waals surface area contributed by atoms with Gasteiger partial charge in [0.25, 0.3) is 0 Å². The van der Waals surface area contributed by atoms with Crippen LogP contribution in [0.25, 0.3) is 0 Å². The first kappa shape index (κ1) is 15.8. The van der Waals surface area contributed by atoms with Gasteiger partial charge in [-0.2, -0.15) is 0 Å². The summed E-state index contributed by atoms with van der Waals surface area (Å²) in [6.07, 6.45) is 1.51. The van der Waals surface area contributed by atoms with Crippen LogP contribution in [0.15, 0.2) is 28.7 Å². The number of ether oxygens (including phenoxy) is 1. The number of anilines is 1. The van der Waals surface area contributed by atoms with Gasteiger partial charge in [0.15, 0.2) is 0 Å². The summed E-state index contributed by atoms with van der Waals surface area (Å²) in [5, 5.41) is 0. The Labute approximate surface area is 133 Å². The molecule has 21 heavy (non-hydrogen) atoms. The summed E-state index contributed by atoms with van der Waals surface area (Å²) in [4.78, 5) is 9.02. The van der Waals surface area contributed by atoms with Crippen LogP contribution in [0.4, 0.5) is 5.82 Å². The number of rotatable bonds is 5. The average molecular weight is 350 g/mol. The Morgan fingerprint density at radius 2 is 2.05 bits per heavy atom. The van der Waals surface area contributed by atoms with E-state index in [1.54, 1.807) is 7.11 Å². The first-order valence-corrected chi connectivity index (χ1v) is 7.72. The van der Waals surface area contributed by atoms with Crippen molar-refractivity contribution in [2.45, 2.75) is 26.7 Å². The molecule has 2 rings (SSSR count). The lowest BCUT2D eigenvalue weighted by molar-refractivity contribution is 0.414. The molecule has 0 saturated carbocycles. The van der Waals surface area contributed by atoms with E-state index >= 15 is 0 Å². The van der Waals surface area contributed by atoms with Gasteiger partial charge in [0.1, 0.15) is 17.4 Å². The SMILES string of the molecule is COc1cccc(Cc2nc(N)c(Br)c(CC(C)C)n2)c1. The van der Waals surface area contributed by atoms with Gasteiger partial charge >= 0.3 is 0 Å². The zero-order valence-corrected chi connectivity index (χ0v) is 14.1. The first-order chi connectivity index (χ1) is 9.99. The third kappa shape index (κ3) is 4.17. The van der Waals surface area contributed by atoms with E-state index in [1.165, 1.54) is 0 Å². The lowest BCUT2D eigenvalue weighted by Gasteiger charge is -2.11. The second-order valence-electron chi connectivity index (χ2n) is 5.41. The summed E-state index contributed by atoms with van der Waals surface area (Å²) in [6, 6.07) is 7.91. The van der Waals surface area contributed by atoms with Crippen LogP contribution in [0.2, 0.25) is 0 Å². The van der Waals surface area contributed by atoms with E-state index in [4.69, 9.17) is 10.5 Å². The number of halogens is 1. The molecule has 2 N–H and O–H groups in total. The van der Waals surface area contributed by atoms with Gasteiger partial charge in [-0.15, -0.1) is 0 Å². The van der Waals surface area contributed by atoms with E-state index in [0.29, 0.717) is 18.2 Å². The molecular formula is C16H20BrN3O. The highest BCUT2D eigenvalue weighted by atomic mass is 79.9. The van der Waals surface area contributed by atoms with Crippen LogP contribution < -0.4 is 10.5 Å². The minimum atomic E-state index is 0.499. The van der Waals surface area contributed by atoms with E-state index in [1.807, 2.05) is 24.3 Å². The maximum absolute atomic E-state index is 5.98. The van der Waals surface area contributed by atoms with E-state index < -0.39 is 0 Å². The Balaban J connectivity index is 2.29. The monoisotopic (exact) mass is 349 g/mol. The Kier molecular flexibility index (Phi) is 5.17. The number of methoxy groups -OCH3 is 1. The van der Waals surface area contributed by atoms with Gasteiger partial charge in [0.2, 0.25) is 0 Å². The summed E-state index contributed by atoms with van der Waals surface area (Å²) >= 11 is 3.48. The molecule has 0 atom stereocenters. The van der Waals surface area contributed by atoms with Gasteiger partial charge in [-0.25, -0.2) is 9.97 Å². The standard InChI is InChI=1S/C16H20BrN3O/c1-10(2)7-13-15(17)16(18)20-14(19-13)9-11-5-4-6-12(8-11)21-3/h4-6,8,10H,7,9H2,1-3H3,(H2,18,19,20). The van der Waals surface area contributed by atoms with Crippen LogP contribution in [0, 0.1) is 5.92 Å². The highest BCUT2D eigenvalue weighted by Gasteiger charge is 2.12. The largest absolute Gasteiger partial charge is 0.497 e. The molecular weight excluding hydrogens is 330 g/mol. The Hall–Kier alpha value is -1.62. The van der Waals surface area contributed by atoms with Gasteiger partial charge < -0.3 is 10.5 Å². The minimum absolute atomic E-state index is 0.499. The summed E-state index contributed by atoms with van der Waals surface area (Å²) in [5.74, 6) is 2.58. The minimum Gasteiger partial charge on any atom is -0.497 e. The molecule has 5 heteroatoms. The van der Waals surface area contributed by atoms with Crippen molar-refractivity contribution in [2.75, 3.05) is 12.8 Å². The van der Waals surface area contributed by atoms with Crippen molar-refractivity contribution < 1.29 is 4.74 Å². The highest BCUT2D eigenvalue weighted by molar-refractivity contribution is 9.10. The van der Waals surface area contributed by atoms with Crippen LogP contribution in [0.5, 0.6) is 5.75 Å². The second kappa shape index (κ2) is 6.89. The molecule has 0 aliphatic carbocycles. The average Bonchev–Trinajstić information content (AvgIpc) is 2.44. The van der Waals surface area contributed by atoms with Gasteiger partial charge in [-0.1, -0.05) is 26.0 Å². The quantitative estimate of drug-likeness (QED) is 0.895. The molecule has 0 bridgehead atoms. The normalized spacial score (nSPS) is 10.9. The molecule has 0 aliphatic rings. The van der Waals surface area contributed by atoms with E-state index in [2.05, 4.69) is 39.7 Å². The number of nitrogens with two attached hydrogens (primary N) is 1. The first-order valence-electron chi connectivity index (χ1n) is 6.93. The third-order valence-electron chi connectivity index (χ3n) is 3.09. The van der Waals surface area contributed by atoms with Crippen LogP contribution >= 0.6 is 15.9 Å². The zero-order chi connectivity index (χ0) is 15.4. The van der Waals surface area contributed by atoms with Crippen LogP contribution in [-0.4, -0.2) is 17.1 Å². The van der Waals surface area contributed by atoms with Crippen LogP contribution in [-0.2, 0) is 12.8 Å². The van der Waals surface area contributed by atoms with Crippen LogP contribution in [0.3, 0.4) is 0 Å².